The van der Waals surface area contributed by atoms with Crippen molar-refractivity contribution in [2.75, 3.05) is 20.2 Å². The number of fused-ring (bicyclic) bond motifs is 2. The van der Waals surface area contributed by atoms with E-state index in [0.29, 0.717) is 30.9 Å². The van der Waals surface area contributed by atoms with Gasteiger partial charge in [0.2, 0.25) is 0 Å². The highest BCUT2D eigenvalue weighted by atomic mass is 16.5. The molecule has 2 fully saturated rings. The second kappa shape index (κ2) is 7.20. The van der Waals surface area contributed by atoms with E-state index in [4.69, 9.17) is 4.74 Å². The Morgan fingerprint density at radius 2 is 2.12 bits per heavy atom. The van der Waals surface area contributed by atoms with Crippen LogP contribution < -0.4 is 0 Å². The second-order valence-corrected chi connectivity index (χ2v) is 9.25. The number of aromatic amines is 2. The number of H-pyrrole nitrogens is 2. The number of likely N-dealkylation sites (N-methyl/N-ethyl adjacent to an activating group) is 1. The third-order valence-electron chi connectivity index (χ3n) is 7.45. The molecule has 4 heterocycles. The van der Waals surface area contributed by atoms with Gasteiger partial charge in [0, 0.05) is 48.8 Å². The number of carbonyl (C=O) groups excluding carboxylic acids is 2. The summed E-state index contributed by atoms with van der Waals surface area (Å²) in [5.74, 6) is -0.145. The maximum absolute atomic E-state index is 13.5. The summed E-state index contributed by atoms with van der Waals surface area (Å²) < 4.78 is 5.93. The lowest BCUT2D eigenvalue weighted by atomic mass is 10.0. The summed E-state index contributed by atoms with van der Waals surface area (Å²) in [7, 11) is 1.87. The van der Waals surface area contributed by atoms with Gasteiger partial charge in [-0.1, -0.05) is 18.2 Å². The molecule has 2 aromatic heterocycles. The molecule has 2 amide bonds. The van der Waals surface area contributed by atoms with E-state index in [1.807, 2.05) is 42.3 Å². The van der Waals surface area contributed by atoms with Crippen LogP contribution >= 0.6 is 0 Å². The Kier molecular flexibility index (Phi) is 4.40. The number of nitrogens with one attached hydrogen (secondary N) is 2. The second-order valence-electron chi connectivity index (χ2n) is 9.25. The van der Waals surface area contributed by atoms with Crippen LogP contribution in [0.2, 0.25) is 0 Å². The average Bonchev–Trinajstić information content (AvgIpc) is 3.20. The highest BCUT2D eigenvalue weighted by Gasteiger charge is 2.56. The van der Waals surface area contributed by atoms with E-state index < -0.39 is 0 Å². The van der Waals surface area contributed by atoms with Crippen LogP contribution in [0.5, 0.6) is 0 Å². The first kappa shape index (κ1) is 19.5. The van der Waals surface area contributed by atoms with E-state index in [1.165, 1.54) is 0 Å². The molecule has 6 rings (SSSR count). The number of para-hydroxylation sites is 1. The van der Waals surface area contributed by atoms with Crippen molar-refractivity contribution in [3.05, 3.63) is 53.0 Å². The summed E-state index contributed by atoms with van der Waals surface area (Å²) in [6.07, 6.45) is 4.77. The summed E-state index contributed by atoms with van der Waals surface area (Å²) in [6, 6.07) is 9.75. The fraction of sp³-hybridized carbons (Fsp3) is 0.458. The Balaban J connectivity index is 1.24. The van der Waals surface area contributed by atoms with Gasteiger partial charge in [0.05, 0.1) is 18.2 Å². The number of aromatic nitrogens is 3. The van der Waals surface area contributed by atoms with Gasteiger partial charge in [0.1, 0.15) is 5.69 Å². The van der Waals surface area contributed by atoms with E-state index in [1.54, 1.807) is 4.90 Å². The molecule has 3 aliphatic rings. The monoisotopic (exact) mass is 433 g/mol. The molecule has 0 spiro atoms. The lowest BCUT2D eigenvalue weighted by molar-refractivity contribution is 0.0181. The fourth-order valence-electron chi connectivity index (χ4n) is 5.37. The Hall–Kier alpha value is -3.13. The lowest BCUT2D eigenvalue weighted by Crippen LogP contribution is -2.47. The number of hydrogen-bond donors (Lipinski definition) is 2. The molecule has 1 aliphatic carbocycles. The van der Waals surface area contributed by atoms with Crippen molar-refractivity contribution >= 4 is 22.7 Å². The first-order valence-corrected chi connectivity index (χ1v) is 11.4. The molecule has 166 valence electrons. The number of hydrogen-bond acceptors (Lipinski definition) is 4. The first-order valence-electron chi connectivity index (χ1n) is 11.4. The van der Waals surface area contributed by atoms with Gasteiger partial charge in [0.25, 0.3) is 11.8 Å². The summed E-state index contributed by atoms with van der Waals surface area (Å²) in [5, 5.41) is 8.45. The van der Waals surface area contributed by atoms with E-state index in [2.05, 4.69) is 15.2 Å². The van der Waals surface area contributed by atoms with Crippen LogP contribution in [0.25, 0.3) is 10.9 Å². The van der Waals surface area contributed by atoms with Crippen LogP contribution in [0.3, 0.4) is 0 Å². The molecule has 32 heavy (non-hydrogen) atoms. The summed E-state index contributed by atoms with van der Waals surface area (Å²) in [5.41, 5.74) is 3.52. The minimum absolute atomic E-state index is 0.0576. The van der Waals surface area contributed by atoms with Gasteiger partial charge in [-0.15, -0.1) is 0 Å². The molecule has 0 radical (unpaired) electrons. The predicted octanol–water partition coefficient (Wildman–Crippen LogP) is 2.87. The third-order valence-corrected chi connectivity index (χ3v) is 7.45. The van der Waals surface area contributed by atoms with Crippen LogP contribution in [-0.4, -0.2) is 68.6 Å². The van der Waals surface area contributed by atoms with Crippen molar-refractivity contribution in [3.8, 4) is 0 Å². The Bertz CT molecular complexity index is 1170. The van der Waals surface area contributed by atoms with Gasteiger partial charge in [-0.3, -0.25) is 14.7 Å². The molecular formula is C24H27N5O3. The average molecular weight is 434 g/mol. The van der Waals surface area contributed by atoms with Crippen LogP contribution in [0, 0.1) is 0 Å². The van der Waals surface area contributed by atoms with E-state index in [9.17, 15) is 9.59 Å². The van der Waals surface area contributed by atoms with Crippen molar-refractivity contribution in [1.82, 2.24) is 25.0 Å². The third kappa shape index (κ3) is 2.97. The SMILES string of the molecule is CN(C(=O)c1n[nH]c2c1CN(C(=O)c1cc3ccccc3[nH]1)CC2)C1(C2CCCO2)CC1. The van der Waals surface area contributed by atoms with Gasteiger partial charge < -0.3 is 19.5 Å². The number of rotatable bonds is 4. The Labute approximate surface area is 185 Å². The van der Waals surface area contributed by atoms with Crippen LogP contribution in [-0.2, 0) is 17.7 Å². The maximum atomic E-state index is 13.5. The molecule has 1 saturated heterocycles. The fourth-order valence-corrected chi connectivity index (χ4v) is 5.37. The van der Waals surface area contributed by atoms with Crippen LogP contribution in [0.1, 0.15) is 57.9 Å². The zero-order valence-corrected chi connectivity index (χ0v) is 18.2. The summed E-state index contributed by atoms with van der Waals surface area (Å²) in [6.45, 7) is 1.74. The molecule has 0 bridgehead atoms. The predicted molar refractivity (Wildman–Crippen MR) is 118 cm³/mol. The number of nitrogens with zero attached hydrogens (tertiary/aromatic N) is 3. The Morgan fingerprint density at radius 3 is 2.88 bits per heavy atom. The number of ether oxygens (including phenoxy) is 1. The molecular weight excluding hydrogens is 406 g/mol. The van der Waals surface area contributed by atoms with Crippen molar-refractivity contribution in [1.29, 1.82) is 0 Å². The number of amides is 2. The molecule has 8 nitrogen and oxygen atoms in total. The minimum Gasteiger partial charge on any atom is -0.376 e. The molecule has 3 aromatic rings. The highest BCUT2D eigenvalue weighted by Crippen LogP contribution is 2.48. The van der Waals surface area contributed by atoms with Gasteiger partial charge in [-0.25, -0.2) is 0 Å². The normalized spacial score (nSPS) is 21.5. The van der Waals surface area contributed by atoms with Crippen LogP contribution in [0.15, 0.2) is 30.3 Å². The smallest absolute Gasteiger partial charge is 0.275 e. The van der Waals surface area contributed by atoms with Crippen LogP contribution in [0.4, 0.5) is 0 Å². The topological polar surface area (TPSA) is 94.3 Å². The van der Waals surface area contributed by atoms with Gasteiger partial charge in [0.15, 0.2) is 5.69 Å². The van der Waals surface area contributed by atoms with E-state index in [0.717, 1.165) is 54.5 Å². The molecule has 1 atom stereocenters. The summed E-state index contributed by atoms with van der Waals surface area (Å²) in [4.78, 5) is 33.5. The molecule has 1 unspecified atom stereocenters. The van der Waals surface area contributed by atoms with Crippen molar-refractivity contribution in [2.45, 2.75) is 50.3 Å². The van der Waals surface area contributed by atoms with Gasteiger partial charge >= 0.3 is 0 Å². The first-order chi connectivity index (χ1) is 15.6. The Morgan fingerprint density at radius 1 is 1.28 bits per heavy atom. The van der Waals surface area contributed by atoms with Gasteiger partial charge in [-0.2, -0.15) is 5.10 Å². The quantitative estimate of drug-likeness (QED) is 0.662. The van der Waals surface area contributed by atoms with Crippen molar-refractivity contribution in [3.63, 3.8) is 0 Å². The van der Waals surface area contributed by atoms with Gasteiger partial charge in [-0.05, 0) is 37.8 Å². The van der Waals surface area contributed by atoms with E-state index >= 15 is 0 Å². The molecule has 8 heteroatoms. The number of carbonyl (C=O) groups is 2. The zero-order valence-electron chi connectivity index (χ0n) is 18.2. The summed E-state index contributed by atoms with van der Waals surface area (Å²) >= 11 is 0. The zero-order chi connectivity index (χ0) is 21.9. The molecule has 1 saturated carbocycles. The van der Waals surface area contributed by atoms with Crippen molar-refractivity contribution < 1.29 is 14.3 Å². The maximum Gasteiger partial charge on any atom is 0.275 e. The highest BCUT2D eigenvalue weighted by molar-refractivity contribution is 5.99. The molecule has 2 aliphatic heterocycles. The minimum atomic E-state index is -0.200. The lowest BCUT2D eigenvalue weighted by Gasteiger charge is -2.33. The molecule has 2 N–H and O–H groups in total. The van der Waals surface area contributed by atoms with Crippen molar-refractivity contribution in [2.24, 2.45) is 0 Å². The standard InChI is InChI=1S/C24H27N5O3/c1-28(24(9-10-24)20-7-4-12-32-20)23(31)21-16-14-29(11-8-18(16)26-27-21)22(30)19-13-15-5-2-3-6-17(15)25-19/h2-3,5-6,13,20,25H,4,7-12,14H2,1H3,(H,26,27). The largest absolute Gasteiger partial charge is 0.376 e. The molecule has 1 aromatic carbocycles. The van der Waals surface area contributed by atoms with E-state index in [-0.39, 0.29) is 23.5 Å². The number of benzene rings is 1.